The van der Waals surface area contributed by atoms with Crippen molar-refractivity contribution >= 4 is 50.8 Å². The zero-order valence-corrected chi connectivity index (χ0v) is 13.0. The van der Waals surface area contributed by atoms with Gasteiger partial charge in [-0.15, -0.1) is 0 Å². The van der Waals surface area contributed by atoms with E-state index in [0.717, 1.165) is 21.4 Å². The molecule has 0 fully saturated rings. The molecule has 18 heavy (non-hydrogen) atoms. The Kier molecular flexibility index (Phi) is 5.73. The topological polar surface area (TPSA) is 0 Å². The summed E-state index contributed by atoms with van der Waals surface area (Å²) in [6.45, 7) is 0. The highest BCUT2D eigenvalue weighted by Crippen LogP contribution is 2.29. The Morgan fingerprint density at radius 1 is 0.778 bits per heavy atom. The van der Waals surface area contributed by atoms with Crippen LogP contribution in [-0.4, -0.2) is 7.85 Å². The van der Waals surface area contributed by atoms with Gasteiger partial charge in [0.2, 0.25) is 0 Å². The first-order valence-electron chi connectivity index (χ1n) is 5.57. The predicted molar refractivity (Wildman–Crippen MR) is 88.6 cm³/mol. The third-order valence-electron chi connectivity index (χ3n) is 2.43. The van der Waals surface area contributed by atoms with E-state index in [-0.39, 0.29) is 0 Å². The third-order valence-corrected chi connectivity index (χ3v) is 5.23. The Hall–Kier alpha value is -0.315. The van der Waals surface area contributed by atoms with E-state index in [9.17, 15) is 0 Å². The Balaban J connectivity index is 1.73. The number of hydrogen-bond acceptors (Lipinski definition) is 2. The molecule has 4 heteroatoms. The van der Waals surface area contributed by atoms with Crippen molar-refractivity contribution in [2.75, 3.05) is 0 Å². The van der Waals surface area contributed by atoms with Gasteiger partial charge in [0.1, 0.15) is 7.85 Å². The monoisotopic (exact) mass is 334 g/mol. The van der Waals surface area contributed by atoms with Crippen molar-refractivity contribution in [2.45, 2.75) is 11.5 Å². The summed E-state index contributed by atoms with van der Waals surface area (Å²) in [4.78, 5) is 0. The van der Waals surface area contributed by atoms with Crippen LogP contribution in [0.2, 0.25) is 0 Å². The molecule has 2 rings (SSSR count). The van der Waals surface area contributed by atoms with Crippen LogP contribution in [0.5, 0.6) is 0 Å². The second-order valence-corrected chi connectivity index (χ2v) is 7.27. The smallest absolute Gasteiger partial charge is 0.0967 e. The van der Waals surface area contributed by atoms with E-state index in [0.29, 0.717) is 0 Å². The molecule has 90 valence electrons. The van der Waals surface area contributed by atoms with Crippen LogP contribution >= 0.6 is 37.5 Å². The molecule has 0 aromatic heterocycles. The predicted octanol–water partition coefficient (Wildman–Crippen LogP) is 4.32. The molecule has 2 aromatic carbocycles. The van der Waals surface area contributed by atoms with Crippen LogP contribution in [0, 0.1) is 0 Å². The summed E-state index contributed by atoms with van der Waals surface area (Å²) in [5.74, 6) is 2.05. The average Bonchev–Trinajstić information content (AvgIpc) is 2.39. The molecule has 0 spiro atoms. The van der Waals surface area contributed by atoms with E-state index in [1.54, 1.807) is 0 Å². The van der Waals surface area contributed by atoms with Crippen molar-refractivity contribution in [1.82, 2.24) is 0 Å². The molecule has 0 unspecified atom stereocenters. The van der Waals surface area contributed by atoms with Gasteiger partial charge in [-0.3, -0.25) is 0 Å². The van der Waals surface area contributed by atoms with Crippen molar-refractivity contribution in [1.29, 1.82) is 0 Å². The minimum atomic E-state index is 0.825. The van der Waals surface area contributed by atoms with E-state index >= 15 is 0 Å². The molecule has 0 bridgehead atoms. The van der Waals surface area contributed by atoms with Crippen LogP contribution in [0.4, 0.5) is 0 Å². The van der Waals surface area contributed by atoms with Crippen molar-refractivity contribution in [3.8, 4) is 0 Å². The fraction of sp³-hybridized carbons (Fsp3) is 0.143. The van der Waals surface area contributed by atoms with Crippen molar-refractivity contribution in [2.24, 2.45) is 0 Å². The molecule has 0 aliphatic heterocycles. The van der Waals surface area contributed by atoms with Crippen molar-refractivity contribution in [3.05, 3.63) is 64.1 Å². The molecule has 0 atom stereocenters. The lowest BCUT2D eigenvalue weighted by molar-refractivity contribution is 1.41. The maximum Gasteiger partial charge on any atom is 0.113 e. The molecule has 0 nitrogen and oxygen atoms in total. The van der Waals surface area contributed by atoms with E-state index in [1.165, 1.54) is 11.1 Å². The van der Waals surface area contributed by atoms with E-state index in [4.69, 9.17) is 7.85 Å². The Labute approximate surface area is 126 Å². The van der Waals surface area contributed by atoms with Gasteiger partial charge in [-0.25, -0.2) is 0 Å². The minimum absolute atomic E-state index is 0.825. The zero-order valence-electron chi connectivity index (χ0n) is 9.80. The van der Waals surface area contributed by atoms with E-state index < -0.39 is 0 Å². The molecule has 0 aliphatic carbocycles. The van der Waals surface area contributed by atoms with E-state index in [2.05, 4.69) is 52.3 Å². The normalized spacial score (nSPS) is 10.5. The van der Waals surface area contributed by atoms with Crippen molar-refractivity contribution < 1.29 is 0 Å². The number of hydrogen-bond donors (Lipinski definition) is 0. The summed E-state index contributed by atoms with van der Waals surface area (Å²) in [6, 6.07) is 16.6. The van der Waals surface area contributed by atoms with Gasteiger partial charge in [-0.1, -0.05) is 79.4 Å². The quantitative estimate of drug-likeness (QED) is 0.453. The van der Waals surface area contributed by atoms with Crippen LogP contribution in [0.1, 0.15) is 11.1 Å². The standard InChI is InChI=1S/C14H12BBrS2/c15-13-5-1-11(2-6-13)9-17-18-10-12-3-7-14(16)8-4-12/h1-8H,9-10H2. The molecule has 2 aromatic rings. The lowest BCUT2D eigenvalue weighted by atomic mass is 9.96. The summed E-state index contributed by atoms with van der Waals surface area (Å²) in [5.41, 5.74) is 3.50. The molecular formula is C14H12BBrS2. The summed E-state index contributed by atoms with van der Waals surface area (Å²) < 4.78 is 1.13. The minimum Gasteiger partial charge on any atom is -0.0967 e. The molecule has 0 aliphatic rings. The highest BCUT2D eigenvalue weighted by Gasteiger charge is 1.96. The average molecular weight is 335 g/mol. The number of rotatable bonds is 5. The molecule has 0 heterocycles. The van der Waals surface area contributed by atoms with E-state index in [1.807, 2.05) is 33.7 Å². The first-order valence-corrected chi connectivity index (χ1v) is 8.85. The summed E-state index contributed by atoms with van der Waals surface area (Å²) in [5, 5.41) is 0. The molecule has 0 saturated heterocycles. The van der Waals surface area contributed by atoms with Crippen LogP contribution < -0.4 is 5.46 Å². The molecule has 2 radical (unpaired) electrons. The first-order chi connectivity index (χ1) is 8.74. The maximum absolute atomic E-state index is 5.65. The van der Waals surface area contributed by atoms with Gasteiger partial charge in [0.25, 0.3) is 0 Å². The van der Waals surface area contributed by atoms with Gasteiger partial charge in [0, 0.05) is 16.0 Å². The van der Waals surface area contributed by atoms with Crippen LogP contribution in [0.3, 0.4) is 0 Å². The highest BCUT2D eigenvalue weighted by molar-refractivity contribution is 9.10. The van der Waals surface area contributed by atoms with Gasteiger partial charge in [-0.2, -0.15) is 0 Å². The lowest BCUT2D eigenvalue weighted by Crippen LogP contribution is -1.99. The molecule has 0 amide bonds. The largest absolute Gasteiger partial charge is 0.113 e. The molecule has 0 saturated carbocycles. The second-order valence-electron chi connectivity index (χ2n) is 3.89. The number of benzene rings is 2. The Morgan fingerprint density at radius 3 is 1.72 bits per heavy atom. The maximum atomic E-state index is 5.65. The first kappa shape index (κ1) is 14.1. The lowest BCUT2D eigenvalue weighted by Gasteiger charge is -2.03. The van der Waals surface area contributed by atoms with Gasteiger partial charge >= 0.3 is 0 Å². The fourth-order valence-electron chi connectivity index (χ4n) is 1.41. The number of halogens is 1. The van der Waals surface area contributed by atoms with Gasteiger partial charge in [0.15, 0.2) is 0 Å². The highest BCUT2D eigenvalue weighted by atomic mass is 79.9. The Bertz CT molecular complexity index is 435. The second kappa shape index (κ2) is 7.32. The van der Waals surface area contributed by atoms with Crippen LogP contribution in [0.25, 0.3) is 0 Å². The van der Waals surface area contributed by atoms with Crippen molar-refractivity contribution in [3.63, 3.8) is 0 Å². The summed E-state index contributed by atoms with van der Waals surface area (Å²) >= 11 is 3.44. The third kappa shape index (κ3) is 4.75. The van der Waals surface area contributed by atoms with Crippen LogP contribution in [-0.2, 0) is 11.5 Å². The Morgan fingerprint density at radius 2 is 1.22 bits per heavy atom. The van der Waals surface area contributed by atoms with Gasteiger partial charge in [-0.05, 0) is 23.3 Å². The summed E-state index contributed by atoms with van der Waals surface area (Å²) in [7, 11) is 9.41. The molecular weight excluding hydrogens is 323 g/mol. The summed E-state index contributed by atoms with van der Waals surface area (Å²) in [6.07, 6.45) is 0. The zero-order chi connectivity index (χ0) is 12.8. The van der Waals surface area contributed by atoms with Gasteiger partial charge in [0.05, 0.1) is 0 Å². The van der Waals surface area contributed by atoms with Crippen LogP contribution in [0.15, 0.2) is 53.0 Å². The SMILES string of the molecule is [B]c1ccc(CSSCc2ccc(Br)cc2)cc1. The fourth-order valence-corrected chi connectivity index (χ4v) is 3.82. The van der Waals surface area contributed by atoms with Gasteiger partial charge < -0.3 is 0 Å². The molecule has 0 N–H and O–H groups in total.